The second kappa shape index (κ2) is 9.32. The minimum absolute atomic E-state index is 0.107. The molecule has 0 radical (unpaired) electrons. The molecule has 1 amide bonds. The molecule has 0 atom stereocenters. The van der Waals surface area contributed by atoms with E-state index >= 15 is 0 Å². The maximum atomic E-state index is 12.6. The third-order valence-electron chi connectivity index (χ3n) is 5.50. The predicted octanol–water partition coefficient (Wildman–Crippen LogP) is 4.38. The van der Waals surface area contributed by atoms with Crippen LogP contribution in [-0.2, 0) is 4.79 Å². The highest BCUT2D eigenvalue weighted by Crippen LogP contribution is 2.31. The number of amides is 1. The van der Waals surface area contributed by atoms with Crippen molar-refractivity contribution in [2.24, 2.45) is 0 Å². The molecule has 12 heteroatoms. The number of hydrogen-bond donors (Lipinski definition) is 4. The van der Waals surface area contributed by atoms with Gasteiger partial charge in [-0.15, -0.1) is 21.5 Å². The van der Waals surface area contributed by atoms with Gasteiger partial charge in [0.2, 0.25) is 16.9 Å². The lowest BCUT2D eigenvalue weighted by Crippen LogP contribution is -2.16. The van der Waals surface area contributed by atoms with Crippen molar-refractivity contribution in [2.45, 2.75) is 5.16 Å². The van der Waals surface area contributed by atoms with Crippen LogP contribution in [0.4, 0.5) is 5.13 Å². The molecule has 0 aliphatic rings. The van der Waals surface area contributed by atoms with Gasteiger partial charge in [-0.25, -0.2) is 9.66 Å². The van der Waals surface area contributed by atoms with E-state index in [1.807, 2.05) is 72.2 Å². The molecule has 6 aromatic rings. The molecular formula is C24H19N9OS2. The Kier molecular flexibility index (Phi) is 5.71. The van der Waals surface area contributed by atoms with Crippen LogP contribution in [0.5, 0.6) is 0 Å². The number of carbonyl (C=O) groups excluding carboxylic acids is 1. The Labute approximate surface area is 213 Å². The summed E-state index contributed by atoms with van der Waals surface area (Å²) in [5.74, 6) is 6.53. The molecule has 0 unspecified atom stereocenters. The van der Waals surface area contributed by atoms with E-state index in [9.17, 15) is 4.79 Å². The van der Waals surface area contributed by atoms with E-state index in [2.05, 4.69) is 35.7 Å². The SMILES string of the molecule is Nn1c(SCC(=O)Nc2nc(-c3c[nH]c4ccccc34)cs2)nnc1-c1cc(-c2ccccc2)n[nH]1. The topological polar surface area (TPSA) is 143 Å². The predicted molar refractivity (Wildman–Crippen MR) is 142 cm³/mol. The van der Waals surface area contributed by atoms with Crippen molar-refractivity contribution in [3.05, 3.63) is 72.2 Å². The number of rotatable bonds is 7. The second-order valence-electron chi connectivity index (χ2n) is 7.83. The van der Waals surface area contributed by atoms with Crippen LogP contribution in [0, 0.1) is 0 Å². The highest BCUT2D eigenvalue weighted by molar-refractivity contribution is 7.99. The summed E-state index contributed by atoms with van der Waals surface area (Å²) in [6, 6.07) is 19.7. The van der Waals surface area contributed by atoms with Crippen LogP contribution >= 0.6 is 23.1 Å². The molecule has 0 aliphatic carbocycles. The summed E-state index contributed by atoms with van der Waals surface area (Å²) in [7, 11) is 0. The lowest BCUT2D eigenvalue weighted by molar-refractivity contribution is -0.113. The number of nitrogens with two attached hydrogens (primary N) is 1. The quantitative estimate of drug-likeness (QED) is 0.183. The third kappa shape index (κ3) is 4.23. The fourth-order valence-electron chi connectivity index (χ4n) is 3.78. The van der Waals surface area contributed by atoms with E-state index < -0.39 is 0 Å². The molecule has 4 heterocycles. The summed E-state index contributed by atoms with van der Waals surface area (Å²) in [6.07, 6.45) is 1.93. The van der Waals surface area contributed by atoms with Crippen molar-refractivity contribution in [2.75, 3.05) is 16.9 Å². The number of benzene rings is 2. The zero-order chi connectivity index (χ0) is 24.5. The molecule has 0 saturated carbocycles. The lowest BCUT2D eigenvalue weighted by Gasteiger charge is -2.03. The van der Waals surface area contributed by atoms with Crippen molar-refractivity contribution < 1.29 is 4.79 Å². The van der Waals surface area contributed by atoms with Crippen LogP contribution in [0.15, 0.2) is 77.4 Å². The Morgan fingerprint density at radius 3 is 2.81 bits per heavy atom. The van der Waals surface area contributed by atoms with Crippen molar-refractivity contribution >= 4 is 45.0 Å². The van der Waals surface area contributed by atoms with Gasteiger partial charge in [0, 0.05) is 33.6 Å². The minimum Gasteiger partial charge on any atom is -0.360 e. The number of aromatic nitrogens is 7. The zero-order valence-corrected chi connectivity index (χ0v) is 20.3. The summed E-state index contributed by atoms with van der Waals surface area (Å²) >= 11 is 2.57. The number of nitrogens with zero attached hydrogens (tertiary/aromatic N) is 5. The first-order valence-corrected chi connectivity index (χ1v) is 12.8. The fraction of sp³-hybridized carbons (Fsp3) is 0.0417. The van der Waals surface area contributed by atoms with E-state index in [4.69, 9.17) is 5.84 Å². The van der Waals surface area contributed by atoms with Gasteiger partial charge in [0.25, 0.3) is 0 Å². The van der Waals surface area contributed by atoms with Crippen molar-refractivity contribution in [1.82, 2.24) is 35.0 Å². The molecule has 36 heavy (non-hydrogen) atoms. The number of hydrogen-bond acceptors (Lipinski definition) is 8. The van der Waals surface area contributed by atoms with Gasteiger partial charge < -0.3 is 16.1 Å². The van der Waals surface area contributed by atoms with E-state index in [0.717, 1.165) is 33.4 Å². The van der Waals surface area contributed by atoms with Gasteiger partial charge in [-0.05, 0) is 12.1 Å². The van der Waals surface area contributed by atoms with Gasteiger partial charge in [-0.3, -0.25) is 9.89 Å². The van der Waals surface area contributed by atoms with E-state index in [0.29, 0.717) is 21.8 Å². The molecule has 10 nitrogen and oxygen atoms in total. The Morgan fingerprint density at radius 1 is 1.08 bits per heavy atom. The number of para-hydroxylation sites is 1. The van der Waals surface area contributed by atoms with E-state index in [1.54, 1.807) is 0 Å². The molecule has 0 fully saturated rings. The molecule has 2 aromatic carbocycles. The summed E-state index contributed by atoms with van der Waals surface area (Å²) in [5, 5.41) is 22.4. The normalized spacial score (nSPS) is 11.2. The molecule has 6 rings (SSSR count). The molecule has 0 aliphatic heterocycles. The minimum atomic E-state index is -0.211. The van der Waals surface area contributed by atoms with Crippen molar-refractivity contribution in [3.63, 3.8) is 0 Å². The summed E-state index contributed by atoms with van der Waals surface area (Å²) in [4.78, 5) is 20.4. The number of anilines is 1. The maximum absolute atomic E-state index is 12.6. The van der Waals surface area contributed by atoms with Gasteiger partial charge in [-0.1, -0.05) is 60.3 Å². The first-order valence-electron chi connectivity index (χ1n) is 10.9. The Morgan fingerprint density at radius 2 is 1.92 bits per heavy atom. The number of nitrogen functional groups attached to an aromatic ring is 1. The number of aromatic amines is 2. The summed E-state index contributed by atoms with van der Waals surface area (Å²) in [6.45, 7) is 0. The van der Waals surface area contributed by atoms with Crippen LogP contribution in [0.1, 0.15) is 0 Å². The van der Waals surface area contributed by atoms with E-state index in [1.165, 1.54) is 27.8 Å². The number of thioether (sulfide) groups is 1. The Bertz CT molecular complexity index is 1670. The van der Waals surface area contributed by atoms with Crippen LogP contribution < -0.4 is 11.2 Å². The molecule has 0 saturated heterocycles. The zero-order valence-electron chi connectivity index (χ0n) is 18.7. The van der Waals surface area contributed by atoms with Gasteiger partial charge in [0.05, 0.1) is 17.1 Å². The smallest absolute Gasteiger partial charge is 0.236 e. The second-order valence-corrected chi connectivity index (χ2v) is 9.63. The number of H-pyrrole nitrogens is 2. The van der Waals surface area contributed by atoms with Gasteiger partial charge in [0.1, 0.15) is 5.69 Å². The Hall–Kier alpha value is -4.42. The highest BCUT2D eigenvalue weighted by atomic mass is 32.2. The molecule has 0 bridgehead atoms. The molecule has 0 spiro atoms. The largest absolute Gasteiger partial charge is 0.360 e. The van der Waals surface area contributed by atoms with Crippen molar-refractivity contribution in [3.8, 4) is 34.0 Å². The first-order chi connectivity index (χ1) is 17.7. The maximum Gasteiger partial charge on any atom is 0.236 e. The van der Waals surface area contributed by atoms with Gasteiger partial charge in [0.15, 0.2) is 5.13 Å². The van der Waals surface area contributed by atoms with Gasteiger partial charge in [-0.2, -0.15) is 5.10 Å². The number of nitrogens with one attached hydrogen (secondary N) is 3. The first kappa shape index (κ1) is 22.1. The molecular weight excluding hydrogens is 494 g/mol. The fourth-order valence-corrected chi connectivity index (χ4v) is 5.16. The van der Waals surface area contributed by atoms with E-state index in [-0.39, 0.29) is 11.7 Å². The summed E-state index contributed by atoms with van der Waals surface area (Å²) in [5.41, 5.74) is 5.23. The number of fused-ring (bicyclic) bond motifs is 1. The van der Waals surface area contributed by atoms with Gasteiger partial charge >= 0.3 is 0 Å². The monoisotopic (exact) mass is 513 g/mol. The van der Waals surface area contributed by atoms with Crippen LogP contribution in [-0.4, -0.2) is 46.7 Å². The lowest BCUT2D eigenvalue weighted by atomic mass is 10.1. The molecule has 5 N–H and O–H groups in total. The summed E-state index contributed by atoms with van der Waals surface area (Å²) < 4.78 is 1.35. The van der Waals surface area contributed by atoms with Crippen LogP contribution in [0.2, 0.25) is 0 Å². The molecule has 178 valence electrons. The van der Waals surface area contributed by atoms with Crippen LogP contribution in [0.3, 0.4) is 0 Å². The van der Waals surface area contributed by atoms with Crippen molar-refractivity contribution in [1.29, 1.82) is 0 Å². The average Bonchev–Trinajstić information content (AvgIpc) is 3.70. The number of thiazole rings is 1. The standard InChI is InChI=1S/C24H19N9OS2/c25-33-22(19-10-18(29-30-19)14-6-2-1-3-7-14)31-32-24(33)36-13-21(34)28-23-27-20(12-35-23)16-11-26-17-9-5-4-8-15(16)17/h1-12,26H,13,25H2,(H,29,30)(H,27,28,34). The third-order valence-corrected chi connectivity index (χ3v) is 7.20. The average molecular weight is 514 g/mol. The van der Waals surface area contributed by atoms with Crippen LogP contribution in [0.25, 0.3) is 44.9 Å². The Balaban J connectivity index is 1.10. The molecule has 4 aromatic heterocycles. The number of carbonyl (C=O) groups is 1. The highest BCUT2D eigenvalue weighted by Gasteiger charge is 2.17.